The number of ether oxygens (including phenoxy) is 1. The van der Waals surface area contributed by atoms with Gasteiger partial charge in [-0.2, -0.15) is 0 Å². The minimum Gasteiger partial charge on any atom is -0.496 e. The monoisotopic (exact) mass is 375 g/mol. The Morgan fingerprint density at radius 2 is 1.93 bits per heavy atom. The van der Waals surface area contributed by atoms with Gasteiger partial charge in [-0.05, 0) is 53.9 Å². The highest BCUT2D eigenvalue weighted by atomic mass is 16.5. The Morgan fingerprint density at radius 1 is 1.07 bits per heavy atom. The van der Waals surface area contributed by atoms with E-state index >= 15 is 0 Å². The number of para-hydroxylation sites is 1. The Bertz CT molecular complexity index is 1010. The Kier molecular flexibility index (Phi) is 4.85. The molecule has 0 saturated heterocycles. The zero-order valence-corrected chi connectivity index (χ0v) is 15.6. The molecule has 28 heavy (non-hydrogen) atoms. The summed E-state index contributed by atoms with van der Waals surface area (Å²) in [5.41, 5.74) is 4.01. The van der Waals surface area contributed by atoms with E-state index in [1.165, 1.54) is 5.56 Å². The molecule has 1 aromatic heterocycles. The highest BCUT2D eigenvalue weighted by Gasteiger charge is 2.23. The van der Waals surface area contributed by atoms with Crippen molar-refractivity contribution in [3.8, 4) is 5.75 Å². The number of H-pyrrole nitrogens is 1. The molecule has 2 heterocycles. The number of hydrogen-bond donors (Lipinski definition) is 2. The average molecular weight is 375 g/mol. The third kappa shape index (κ3) is 3.49. The van der Waals surface area contributed by atoms with Gasteiger partial charge in [-0.3, -0.25) is 9.59 Å². The lowest BCUT2D eigenvalue weighted by molar-refractivity contribution is 0.0729. The van der Waals surface area contributed by atoms with Crippen LogP contribution in [0.2, 0.25) is 0 Å². The first-order chi connectivity index (χ1) is 13.7. The number of methoxy groups -OCH3 is 1. The van der Waals surface area contributed by atoms with Crippen molar-refractivity contribution in [1.29, 1.82) is 0 Å². The van der Waals surface area contributed by atoms with E-state index < -0.39 is 0 Å². The molecule has 0 bridgehead atoms. The van der Waals surface area contributed by atoms with Crippen molar-refractivity contribution >= 4 is 17.5 Å². The maximum atomic E-state index is 12.6. The van der Waals surface area contributed by atoms with Crippen LogP contribution in [-0.4, -0.2) is 35.4 Å². The number of nitrogens with one attached hydrogen (secondary N) is 2. The van der Waals surface area contributed by atoms with Crippen LogP contribution in [-0.2, 0) is 13.0 Å². The van der Waals surface area contributed by atoms with Gasteiger partial charge < -0.3 is 19.9 Å². The summed E-state index contributed by atoms with van der Waals surface area (Å²) in [6, 6.07) is 16.6. The molecule has 1 aliphatic rings. The molecule has 1 aliphatic heterocycles. The van der Waals surface area contributed by atoms with Gasteiger partial charge >= 0.3 is 0 Å². The van der Waals surface area contributed by atoms with Crippen molar-refractivity contribution in [2.24, 2.45) is 0 Å². The van der Waals surface area contributed by atoms with E-state index in [1.54, 1.807) is 37.6 Å². The maximum Gasteiger partial charge on any atom is 0.270 e. The summed E-state index contributed by atoms with van der Waals surface area (Å²) in [6.45, 7) is 1.20. The van der Waals surface area contributed by atoms with Crippen molar-refractivity contribution in [2.75, 3.05) is 19.0 Å². The third-order valence-corrected chi connectivity index (χ3v) is 4.94. The van der Waals surface area contributed by atoms with E-state index in [0.29, 0.717) is 35.8 Å². The zero-order valence-electron chi connectivity index (χ0n) is 15.6. The highest BCUT2D eigenvalue weighted by molar-refractivity contribution is 6.06. The lowest BCUT2D eigenvalue weighted by Gasteiger charge is -2.29. The number of carbonyl (C=O) groups is 2. The Balaban J connectivity index is 1.52. The van der Waals surface area contributed by atoms with Crippen LogP contribution in [0.3, 0.4) is 0 Å². The topological polar surface area (TPSA) is 74.4 Å². The van der Waals surface area contributed by atoms with Gasteiger partial charge in [0.2, 0.25) is 0 Å². The maximum absolute atomic E-state index is 12.6. The van der Waals surface area contributed by atoms with Crippen molar-refractivity contribution < 1.29 is 14.3 Å². The van der Waals surface area contributed by atoms with Crippen molar-refractivity contribution in [2.45, 2.75) is 13.0 Å². The molecule has 0 atom stereocenters. The molecule has 142 valence electrons. The second-order valence-corrected chi connectivity index (χ2v) is 6.70. The Morgan fingerprint density at radius 3 is 2.71 bits per heavy atom. The van der Waals surface area contributed by atoms with Gasteiger partial charge in [0.25, 0.3) is 11.8 Å². The van der Waals surface area contributed by atoms with Crippen LogP contribution in [0.15, 0.2) is 60.8 Å². The predicted octanol–water partition coefficient (Wildman–Crippen LogP) is 3.47. The second-order valence-electron chi connectivity index (χ2n) is 6.70. The molecule has 3 aromatic rings. The number of amides is 2. The molecule has 2 amide bonds. The molecule has 0 radical (unpaired) electrons. The number of nitrogens with zero attached hydrogens (tertiary/aromatic N) is 1. The first-order valence-corrected chi connectivity index (χ1v) is 9.14. The molecule has 0 spiro atoms. The summed E-state index contributed by atoms with van der Waals surface area (Å²) in [7, 11) is 1.54. The molecule has 4 rings (SSSR count). The zero-order chi connectivity index (χ0) is 19.5. The third-order valence-electron chi connectivity index (χ3n) is 4.94. The molecule has 0 saturated carbocycles. The first kappa shape index (κ1) is 17.9. The van der Waals surface area contributed by atoms with Crippen molar-refractivity contribution in [1.82, 2.24) is 9.88 Å². The lowest BCUT2D eigenvalue weighted by Crippen LogP contribution is -2.36. The smallest absolute Gasteiger partial charge is 0.270 e. The summed E-state index contributed by atoms with van der Waals surface area (Å²) in [5.74, 6) is 0.285. The number of anilines is 1. The summed E-state index contributed by atoms with van der Waals surface area (Å²) in [5, 5.41) is 2.93. The molecule has 2 aromatic carbocycles. The van der Waals surface area contributed by atoms with Gasteiger partial charge in [0.05, 0.1) is 12.7 Å². The van der Waals surface area contributed by atoms with E-state index in [-0.39, 0.29) is 11.8 Å². The number of rotatable bonds is 4. The fraction of sp³-hybridized carbons (Fsp3) is 0.182. The van der Waals surface area contributed by atoms with Crippen molar-refractivity contribution in [3.05, 3.63) is 83.2 Å². The standard InChI is InChI=1S/C22H21N3O3/c1-28-20-7-3-2-5-18(20)21(26)24-17-9-8-15-10-12-25(14-16(15)13-17)22(27)19-6-4-11-23-19/h2-9,11,13,23H,10,12,14H2,1H3,(H,24,26). The minimum atomic E-state index is -0.229. The summed E-state index contributed by atoms with van der Waals surface area (Å²) in [6.07, 6.45) is 2.54. The molecule has 0 fully saturated rings. The van der Waals surface area contributed by atoms with Gasteiger partial charge in [-0.1, -0.05) is 18.2 Å². The summed E-state index contributed by atoms with van der Waals surface area (Å²) < 4.78 is 5.26. The van der Waals surface area contributed by atoms with Crippen molar-refractivity contribution in [3.63, 3.8) is 0 Å². The van der Waals surface area contributed by atoms with Crippen LogP contribution in [0.1, 0.15) is 32.0 Å². The summed E-state index contributed by atoms with van der Waals surface area (Å²) in [4.78, 5) is 30.0. The molecule has 0 unspecified atom stereocenters. The number of carbonyl (C=O) groups excluding carboxylic acids is 2. The van der Waals surface area contributed by atoms with Crippen LogP contribution in [0, 0.1) is 0 Å². The molecule has 2 N–H and O–H groups in total. The van der Waals surface area contributed by atoms with E-state index in [4.69, 9.17) is 4.74 Å². The van der Waals surface area contributed by atoms with Crippen LogP contribution in [0.4, 0.5) is 5.69 Å². The number of hydrogen-bond acceptors (Lipinski definition) is 3. The van der Waals surface area contributed by atoms with Gasteiger partial charge in [0, 0.05) is 25.0 Å². The van der Waals surface area contributed by atoms with Gasteiger partial charge in [0.1, 0.15) is 11.4 Å². The lowest BCUT2D eigenvalue weighted by atomic mass is 9.98. The van der Waals surface area contributed by atoms with Crippen LogP contribution in [0.25, 0.3) is 0 Å². The van der Waals surface area contributed by atoms with Crippen LogP contribution >= 0.6 is 0 Å². The number of benzene rings is 2. The Labute approximate surface area is 163 Å². The fourth-order valence-electron chi connectivity index (χ4n) is 3.47. The largest absolute Gasteiger partial charge is 0.496 e. The van der Waals surface area contributed by atoms with Crippen LogP contribution < -0.4 is 10.1 Å². The molecular weight excluding hydrogens is 354 g/mol. The van der Waals surface area contributed by atoms with E-state index in [1.807, 2.05) is 35.2 Å². The van der Waals surface area contributed by atoms with Gasteiger partial charge in [0.15, 0.2) is 0 Å². The van der Waals surface area contributed by atoms with Gasteiger partial charge in [-0.15, -0.1) is 0 Å². The normalized spacial score (nSPS) is 13.0. The predicted molar refractivity (Wildman–Crippen MR) is 107 cm³/mol. The number of fused-ring (bicyclic) bond motifs is 1. The average Bonchev–Trinajstić information content (AvgIpc) is 3.27. The van der Waals surface area contributed by atoms with E-state index in [0.717, 1.165) is 12.0 Å². The first-order valence-electron chi connectivity index (χ1n) is 9.14. The highest BCUT2D eigenvalue weighted by Crippen LogP contribution is 2.25. The molecule has 6 nitrogen and oxygen atoms in total. The number of aromatic nitrogens is 1. The SMILES string of the molecule is COc1ccccc1C(=O)Nc1ccc2c(c1)CN(C(=O)c1ccc[nH]1)CC2. The molecule has 6 heteroatoms. The van der Waals surface area contributed by atoms with Crippen LogP contribution in [0.5, 0.6) is 5.75 Å². The second kappa shape index (κ2) is 7.60. The minimum absolute atomic E-state index is 0.0147. The van der Waals surface area contributed by atoms with E-state index in [9.17, 15) is 9.59 Å². The fourth-order valence-corrected chi connectivity index (χ4v) is 3.47. The van der Waals surface area contributed by atoms with E-state index in [2.05, 4.69) is 10.3 Å². The van der Waals surface area contributed by atoms with Gasteiger partial charge in [-0.25, -0.2) is 0 Å². The Hall–Kier alpha value is -3.54. The quantitative estimate of drug-likeness (QED) is 0.733. The number of aromatic amines is 1. The summed E-state index contributed by atoms with van der Waals surface area (Å²) >= 11 is 0. The molecule has 0 aliphatic carbocycles. The molecular formula is C22H21N3O3.